The van der Waals surface area contributed by atoms with Crippen LogP contribution >= 0.6 is 22.9 Å². The summed E-state index contributed by atoms with van der Waals surface area (Å²) in [6, 6.07) is 11.9. The van der Waals surface area contributed by atoms with Crippen molar-refractivity contribution in [3.63, 3.8) is 0 Å². The van der Waals surface area contributed by atoms with Gasteiger partial charge in [0, 0.05) is 48.8 Å². The molecule has 2 fully saturated rings. The highest BCUT2D eigenvalue weighted by Crippen LogP contribution is 2.33. The van der Waals surface area contributed by atoms with Gasteiger partial charge in [0.1, 0.15) is 0 Å². The van der Waals surface area contributed by atoms with E-state index in [2.05, 4.69) is 40.0 Å². The van der Waals surface area contributed by atoms with Gasteiger partial charge in [-0.15, -0.1) is 0 Å². The van der Waals surface area contributed by atoms with Crippen molar-refractivity contribution in [1.82, 2.24) is 14.8 Å². The molecule has 1 saturated carbocycles. The number of nitrogens with zero attached hydrogens (tertiary/aromatic N) is 4. The molecule has 1 amide bonds. The van der Waals surface area contributed by atoms with Gasteiger partial charge in [-0.2, -0.15) is 5.26 Å². The predicted octanol–water partition coefficient (Wildman–Crippen LogP) is 6.10. The van der Waals surface area contributed by atoms with Crippen LogP contribution < -0.4 is 5.32 Å². The Morgan fingerprint density at radius 2 is 2.06 bits per heavy atom. The third-order valence-corrected chi connectivity index (χ3v) is 8.50. The van der Waals surface area contributed by atoms with Crippen LogP contribution in [0.15, 0.2) is 30.3 Å². The molecule has 0 unspecified atom stereocenters. The molecule has 0 bridgehead atoms. The molecule has 2 aromatic carbocycles. The maximum atomic E-state index is 13.0. The minimum Gasteiger partial charge on any atom is -0.337 e. The zero-order valence-electron chi connectivity index (χ0n) is 20.2. The number of benzene rings is 2. The van der Waals surface area contributed by atoms with Gasteiger partial charge < -0.3 is 10.2 Å². The van der Waals surface area contributed by atoms with Crippen LogP contribution in [0, 0.1) is 24.2 Å². The lowest BCUT2D eigenvalue weighted by atomic mass is 10.0. The third-order valence-electron chi connectivity index (χ3n) is 7.33. The maximum Gasteiger partial charge on any atom is 0.226 e. The molecule has 35 heavy (non-hydrogen) atoms. The van der Waals surface area contributed by atoms with Gasteiger partial charge in [-0.25, -0.2) is 4.98 Å². The van der Waals surface area contributed by atoms with Gasteiger partial charge in [0.05, 0.1) is 21.8 Å². The van der Waals surface area contributed by atoms with Crippen LogP contribution in [-0.2, 0) is 11.3 Å². The lowest BCUT2D eigenvalue weighted by Crippen LogP contribution is -2.54. The monoisotopic (exact) mass is 507 g/mol. The molecular formula is C27H30ClN5OS. The molecule has 1 atom stereocenters. The Morgan fingerprint density at radius 1 is 1.26 bits per heavy atom. The number of fused-ring (bicyclic) bond motifs is 1. The SMILES string of the molecule is Cc1c(CN2CCN(C(=O)C3CCCC3)[C@@H](C)C2)cc(Cl)cc1Nc1nc2cc(C#N)ccc2s1. The van der Waals surface area contributed by atoms with Crippen molar-refractivity contribution in [3.05, 3.63) is 52.0 Å². The number of piperazine rings is 1. The number of nitriles is 1. The number of carbonyl (C=O) groups excluding carboxylic acids is 1. The predicted molar refractivity (Wildman–Crippen MR) is 142 cm³/mol. The average Bonchev–Trinajstić information content (AvgIpc) is 3.51. The second-order valence-electron chi connectivity index (χ2n) is 9.77. The summed E-state index contributed by atoms with van der Waals surface area (Å²) >= 11 is 8.08. The number of hydrogen-bond donors (Lipinski definition) is 1. The number of nitrogens with one attached hydrogen (secondary N) is 1. The summed E-state index contributed by atoms with van der Waals surface area (Å²) in [7, 11) is 0. The lowest BCUT2D eigenvalue weighted by molar-refractivity contribution is -0.140. The van der Waals surface area contributed by atoms with Crippen LogP contribution in [0.4, 0.5) is 10.8 Å². The number of halogens is 1. The molecule has 2 aliphatic rings. The molecule has 1 aliphatic carbocycles. The Balaban J connectivity index is 1.29. The van der Waals surface area contributed by atoms with Gasteiger partial charge in [0.25, 0.3) is 0 Å². The van der Waals surface area contributed by atoms with E-state index in [1.807, 2.05) is 30.3 Å². The highest BCUT2D eigenvalue weighted by Gasteiger charge is 2.33. The molecule has 182 valence electrons. The summed E-state index contributed by atoms with van der Waals surface area (Å²) < 4.78 is 1.03. The molecule has 0 radical (unpaired) electrons. The van der Waals surface area contributed by atoms with Gasteiger partial charge in [-0.05, 0) is 68.1 Å². The molecular weight excluding hydrogens is 478 g/mol. The van der Waals surface area contributed by atoms with Crippen molar-refractivity contribution in [1.29, 1.82) is 5.26 Å². The summed E-state index contributed by atoms with van der Waals surface area (Å²) in [4.78, 5) is 22.1. The summed E-state index contributed by atoms with van der Waals surface area (Å²) in [6.45, 7) is 7.60. The first-order valence-electron chi connectivity index (χ1n) is 12.3. The number of thiazole rings is 1. The molecule has 6 nitrogen and oxygen atoms in total. The average molecular weight is 508 g/mol. The Kier molecular flexibility index (Phi) is 6.97. The number of anilines is 2. The highest BCUT2D eigenvalue weighted by molar-refractivity contribution is 7.22. The van der Waals surface area contributed by atoms with Crippen LogP contribution in [0.1, 0.15) is 49.3 Å². The van der Waals surface area contributed by atoms with Gasteiger partial charge in [0.15, 0.2) is 5.13 Å². The maximum absolute atomic E-state index is 13.0. The fourth-order valence-electron chi connectivity index (χ4n) is 5.35. The topological polar surface area (TPSA) is 72.3 Å². The van der Waals surface area contributed by atoms with Crippen molar-refractivity contribution in [3.8, 4) is 6.07 Å². The van der Waals surface area contributed by atoms with Crippen molar-refractivity contribution in [2.45, 2.75) is 52.1 Å². The molecule has 5 rings (SSSR count). The van der Waals surface area contributed by atoms with E-state index >= 15 is 0 Å². The molecule has 2 heterocycles. The quantitative estimate of drug-likeness (QED) is 0.452. The number of amides is 1. The molecule has 8 heteroatoms. The van der Waals surface area contributed by atoms with Gasteiger partial charge in [-0.1, -0.05) is 35.8 Å². The second-order valence-corrected chi connectivity index (χ2v) is 11.2. The van der Waals surface area contributed by atoms with Crippen molar-refractivity contribution in [2.24, 2.45) is 5.92 Å². The van der Waals surface area contributed by atoms with E-state index in [1.54, 1.807) is 11.3 Å². The number of aromatic nitrogens is 1. The highest BCUT2D eigenvalue weighted by atomic mass is 35.5. The second kappa shape index (κ2) is 10.1. The molecule has 1 N–H and O–H groups in total. The molecule has 1 aliphatic heterocycles. The van der Waals surface area contributed by atoms with E-state index in [1.165, 1.54) is 18.4 Å². The first kappa shape index (κ1) is 24.1. The molecule has 1 aromatic heterocycles. The van der Waals surface area contributed by atoms with Crippen LogP contribution in [0.3, 0.4) is 0 Å². The van der Waals surface area contributed by atoms with E-state index in [0.29, 0.717) is 16.5 Å². The zero-order chi connectivity index (χ0) is 24.5. The van der Waals surface area contributed by atoms with Crippen molar-refractivity contribution >= 4 is 49.9 Å². The van der Waals surface area contributed by atoms with E-state index in [9.17, 15) is 4.79 Å². The zero-order valence-corrected chi connectivity index (χ0v) is 21.8. The Bertz CT molecular complexity index is 1290. The fourth-order valence-corrected chi connectivity index (χ4v) is 6.45. The smallest absolute Gasteiger partial charge is 0.226 e. The molecule has 3 aromatic rings. The van der Waals surface area contributed by atoms with E-state index in [-0.39, 0.29) is 12.0 Å². The summed E-state index contributed by atoms with van der Waals surface area (Å²) in [6.07, 6.45) is 4.48. The minimum atomic E-state index is 0.218. The van der Waals surface area contributed by atoms with Gasteiger partial charge >= 0.3 is 0 Å². The third kappa shape index (κ3) is 5.16. The first-order chi connectivity index (χ1) is 16.9. The number of carbonyl (C=O) groups is 1. The van der Waals surface area contributed by atoms with Gasteiger partial charge in [-0.3, -0.25) is 9.69 Å². The van der Waals surface area contributed by atoms with Crippen molar-refractivity contribution in [2.75, 3.05) is 25.0 Å². The first-order valence-corrected chi connectivity index (χ1v) is 13.5. The van der Waals surface area contributed by atoms with E-state index in [4.69, 9.17) is 16.9 Å². The number of hydrogen-bond acceptors (Lipinski definition) is 6. The Hall–Kier alpha value is -2.66. The Morgan fingerprint density at radius 3 is 2.80 bits per heavy atom. The summed E-state index contributed by atoms with van der Waals surface area (Å²) in [5.41, 5.74) is 4.68. The van der Waals surface area contributed by atoms with E-state index < -0.39 is 0 Å². The Labute approximate surface area is 215 Å². The summed E-state index contributed by atoms with van der Waals surface area (Å²) in [5.74, 6) is 0.597. The normalized spacial score (nSPS) is 19.3. The van der Waals surface area contributed by atoms with E-state index in [0.717, 1.165) is 65.6 Å². The van der Waals surface area contributed by atoms with Crippen LogP contribution in [0.5, 0.6) is 0 Å². The molecule has 0 spiro atoms. The van der Waals surface area contributed by atoms with Gasteiger partial charge in [0.2, 0.25) is 5.91 Å². The standard InChI is InChI=1S/C27H30ClN5OS/c1-17-15-32(9-10-33(17)26(34)20-5-3-4-6-20)16-21-12-22(28)13-23(18(21)2)30-27-31-24-11-19(14-29)7-8-25(24)35-27/h7-8,11-13,17,20H,3-6,9-10,15-16H2,1-2H3,(H,30,31)/t17-/m0/s1. The molecule has 1 saturated heterocycles. The van der Waals surface area contributed by atoms with Crippen LogP contribution in [0.2, 0.25) is 5.02 Å². The van der Waals surface area contributed by atoms with Crippen LogP contribution in [0.25, 0.3) is 10.2 Å². The largest absolute Gasteiger partial charge is 0.337 e. The van der Waals surface area contributed by atoms with Crippen LogP contribution in [-0.4, -0.2) is 46.4 Å². The summed E-state index contributed by atoms with van der Waals surface area (Å²) in [5, 5.41) is 14.1. The number of rotatable bonds is 5. The van der Waals surface area contributed by atoms with Crippen molar-refractivity contribution < 1.29 is 4.79 Å². The minimum absolute atomic E-state index is 0.218. The fraction of sp³-hybridized carbons (Fsp3) is 0.444. The lowest BCUT2D eigenvalue weighted by Gasteiger charge is -2.41.